The molecule has 0 spiro atoms. The summed E-state index contributed by atoms with van der Waals surface area (Å²) in [5.41, 5.74) is 2.80. The van der Waals surface area contributed by atoms with Gasteiger partial charge in [-0.3, -0.25) is 5.32 Å². The van der Waals surface area contributed by atoms with Crippen LogP contribution in [-0.4, -0.2) is 27.7 Å². The topological polar surface area (TPSA) is 91.9 Å². The molecule has 8 heteroatoms. The highest BCUT2D eigenvalue weighted by Crippen LogP contribution is 2.22. The van der Waals surface area contributed by atoms with E-state index in [1.54, 1.807) is 19.2 Å². The molecule has 3 rings (SSSR count). The summed E-state index contributed by atoms with van der Waals surface area (Å²) in [7, 11) is 0. The predicted molar refractivity (Wildman–Crippen MR) is 89.3 cm³/mol. The van der Waals surface area contributed by atoms with Crippen molar-refractivity contribution in [3.05, 3.63) is 41.6 Å². The van der Waals surface area contributed by atoms with Crippen LogP contribution in [0.4, 0.5) is 22.1 Å². The van der Waals surface area contributed by atoms with Gasteiger partial charge in [0, 0.05) is 10.7 Å². The standard InChI is InChI=1S/C15H14ClN5O2/c1-2-23-15(22)21-14-19-12-7-11(8-17-13(12)20-14)18-10-5-3-4-9(16)6-10/h3-8,18H,2H2,1H3,(H2,17,19,20,21,22). The van der Waals surface area contributed by atoms with E-state index >= 15 is 0 Å². The summed E-state index contributed by atoms with van der Waals surface area (Å²) in [6.07, 6.45) is 1.09. The molecule has 0 aliphatic carbocycles. The minimum absolute atomic E-state index is 0.283. The van der Waals surface area contributed by atoms with Gasteiger partial charge in [0.05, 0.1) is 24.0 Å². The second-order valence-electron chi connectivity index (χ2n) is 4.66. The van der Waals surface area contributed by atoms with Gasteiger partial charge in [0.25, 0.3) is 0 Å². The number of anilines is 3. The van der Waals surface area contributed by atoms with E-state index in [-0.39, 0.29) is 12.6 Å². The highest BCUT2D eigenvalue weighted by molar-refractivity contribution is 6.30. The van der Waals surface area contributed by atoms with Crippen molar-refractivity contribution in [2.24, 2.45) is 0 Å². The van der Waals surface area contributed by atoms with Crippen LogP contribution in [0.15, 0.2) is 36.5 Å². The number of benzene rings is 1. The Labute approximate surface area is 137 Å². The van der Waals surface area contributed by atoms with Crippen LogP contribution in [-0.2, 0) is 4.74 Å². The van der Waals surface area contributed by atoms with Crippen molar-refractivity contribution >= 4 is 46.2 Å². The summed E-state index contributed by atoms with van der Waals surface area (Å²) in [5.74, 6) is 0.283. The van der Waals surface area contributed by atoms with Gasteiger partial charge < -0.3 is 15.0 Å². The third-order valence-electron chi connectivity index (χ3n) is 2.95. The molecular weight excluding hydrogens is 318 g/mol. The maximum atomic E-state index is 11.4. The predicted octanol–water partition coefficient (Wildman–Crippen LogP) is 3.92. The molecule has 1 amide bonds. The number of carbonyl (C=O) groups excluding carboxylic acids is 1. The third-order valence-corrected chi connectivity index (χ3v) is 3.18. The number of H-pyrrole nitrogens is 1. The van der Waals surface area contributed by atoms with Crippen LogP contribution < -0.4 is 10.6 Å². The van der Waals surface area contributed by atoms with Crippen LogP contribution in [0.5, 0.6) is 0 Å². The van der Waals surface area contributed by atoms with Crippen LogP contribution >= 0.6 is 11.6 Å². The third kappa shape index (κ3) is 3.70. The van der Waals surface area contributed by atoms with Crippen LogP contribution in [0, 0.1) is 0 Å². The Morgan fingerprint density at radius 2 is 2.22 bits per heavy atom. The smallest absolute Gasteiger partial charge is 0.413 e. The second-order valence-corrected chi connectivity index (χ2v) is 5.10. The lowest BCUT2D eigenvalue weighted by Gasteiger charge is -2.05. The number of nitrogens with one attached hydrogen (secondary N) is 3. The Hall–Kier alpha value is -2.80. The molecule has 118 valence electrons. The minimum atomic E-state index is -0.566. The van der Waals surface area contributed by atoms with Crippen molar-refractivity contribution in [1.29, 1.82) is 0 Å². The van der Waals surface area contributed by atoms with Crippen LogP contribution in [0.25, 0.3) is 11.2 Å². The zero-order chi connectivity index (χ0) is 16.2. The first kappa shape index (κ1) is 15.1. The van der Waals surface area contributed by atoms with E-state index in [2.05, 4.69) is 25.6 Å². The van der Waals surface area contributed by atoms with E-state index in [9.17, 15) is 4.79 Å². The molecule has 0 unspecified atom stereocenters. The first-order valence-corrected chi connectivity index (χ1v) is 7.34. The number of fused-ring (bicyclic) bond motifs is 1. The molecule has 0 saturated heterocycles. The number of hydrogen-bond donors (Lipinski definition) is 3. The van der Waals surface area contributed by atoms with Crippen molar-refractivity contribution in [3.8, 4) is 0 Å². The normalized spacial score (nSPS) is 10.5. The number of aromatic amines is 1. The van der Waals surface area contributed by atoms with E-state index in [4.69, 9.17) is 16.3 Å². The molecule has 3 N–H and O–H groups in total. The number of carbonyl (C=O) groups is 1. The summed E-state index contributed by atoms with van der Waals surface area (Å²) in [6, 6.07) is 9.21. The number of rotatable bonds is 4. The maximum Gasteiger partial charge on any atom is 0.413 e. The fourth-order valence-corrected chi connectivity index (χ4v) is 2.21. The van der Waals surface area contributed by atoms with Crippen molar-refractivity contribution in [3.63, 3.8) is 0 Å². The lowest BCUT2D eigenvalue weighted by atomic mass is 10.3. The summed E-state index contributed by atoms with van der Waals surface area (Å²) in [5, 5.41) is 6.35. The molecule has 0 aliphatic rings. The van der Waals surface area contributed by atoms with Gasteiger partial charge in [-0.15, -0.1) is 0 Å². The Bertz CT molecular complexity index is 849. The average molecular weight is 332 g/mol. The lowest BCUT2D eigenvalue weighted by Crippen LogP contribution is -2.14. The number of imidazole rings is 1. The van der Waals surface area contributed by atoms with E-state index in [0.29, 0.717) is 16.2 Å². The SMILES string of the molecule is CCOC(=O)Nc1nc2ncc(Nc3cccc(Cl)c3)cc2[nH]1. The largest absolute Gasteiger partial charge is 0.450 e. The number of hydrogen-bond acceptors (Lipinski definition) is 5. The number of aromatic nitrogens is 3. The first-order chi connectivity index (χ1) is 11.1. The van der Waals surface area contributed by atoms with Crippen LogP contribution in [0.2, 0.25) is 5.02 Å². The van der Waals surface area contributed by atoms with Gasteiger partial charge in [-0.2, -0.15) is 4.98 Å². The first-order valence-electron chi connectivity index (χ1n) is 6.96. The fourth-order valence-electron chi connectivity index (χ4n) is 2.02. The number of halogens is 1. The number of nitrogens with zero attached hydrogens (tertiary/aromatic N) is 2. The Morgan fingerprint density at radius 3 is 3.00 bits per heavy atom. The molecule has 0 bridgehead atoms. The fraction of sp³-hybridized carbons (Fsp3) is 0.133. The van der Waals surface area contributed by atoms with Crippen molar-refractivity contribution in [1.82, 2.24) is 15.0 Å². The lowest BCUT2D eigenvalue weighted by molar-refractivity contribution is 0.167. The van der Waals surface area contributed by atoms with E-state index in [1.807, 2.05) is 24.3 Å². The quantitative estimate of drug-likeness (QED) is 0.673. The van der Waals surface area contributed by atoms with E-state index < -0.39 is 6.09 Å². The average Bonchev–Trinajstić information content (AvgIpc) is 2.88. The van der Waals surface area contributed by atoms with Crippen molar-refractivity contribution < 1.29 is 9.53 Å². The maximum absolute atomic E-state index is 11.4. The highest BCUT2D eigenvalue weighted by atomic mass is 35.5. The minimum Gasteiger partial charge on any atom is -0.450 e. The molecule has 0 aliphatic heterocycles. The zero-order valence-corrected chi connectivity index (χ0v) is 13.0. The van der Waals surface area contributed by atoms with E-state index in [1.165, 1.54) is 0 Å². The molecule has 0 saturated carbocycles. The molecule has 0 fully saturated rings. The monoisotopic (exact) mass is 331 g/mol. The zero-order valence-electron chi connectivity index (χ0n) is 12.3. The summed E-state index contributed by atoms with van der Waals surface area (Å²) in [4.78, 5) is 22.8. The molecule has 0 radical (unpaired) electrons. The van der Waals surface area contributed by atoms with Gasteiger partial charge in [-0.05, 0) is 31.2 Å². The number of ether oxygens (including phenoxy) is 1. The van der Waals surface area contributed by atoms with Gasteiger partial charge in [-0.1, -0.05) is 17.7 Å². The van der Waals surface area contributed by atoms with Gasteiger partial charge in [-0.25, -0.2) is 9.78 Å². The number of amides is 1. The summed E-state index contributed by atoms with van der Waals surface area (Å²) in [6.45, 7) is 2.02. The second kappa shape index (κ2) is 6.53. The Morgan fingerprint density at radius 1 is 1.35 bits per heavy atom. The van der Waals surface area contributed by atoms with Crippen molar-refractivity contribution in [2.75, 3.05) is 17.2 Å². The summed E-state index contributed by atoms with van der Waals surface area (Å²) >= 11 is 5.96. The molecule has 23 heavy (non-hydrogen) atoms. The summed E-state index contributed by atoms with van der Waals surface area (Å²) < 4.78 is 4.80. The molecule has 2 aromatic heterocycles. The highest BCUT2D eigenvalue weighted by Gasteiger charge is 2.09. The molecule has 0 atom stereocenters. The molecule has 2 heterocycles. The van der Waals surface area contributed by atoms with Gasteiger partial charge in [0.15, 0.2) is 5.65 Å². The number of pyridine rings is 1. The van der Waals surface area contributed by atoms with Gasteiger partial charge in [0.1, 0.15) is 0 Å². The van der Waals surface area contributed by atoms with Crippen molar-refractivity contribution in [2.45, 2.75) is 6.92 Å². The van der Waals surface area contributed by atoms with Crippen LogP contribution in [0.3, 0.4) is 0 Å². The van der Waals surface area contributed by atoms with Gasteiger partial charge in [0.2, 0.25) is 5.95 Å². The Kier molecular flexibility index (Phi) is 4.29. The Balaban J connectivity index is 1.80. The van der Waals surface area contributed by atoms with E-state index in [0.717, 1.165) is 11.4 Å². The molecule has 7 nitrogen and oxygen atoms in total. The molecule has 1 aromatic carbocycles. The molecule has 3 aromatic rings. The van der Waals surface area contributed by atoms with Crippen LogP contribution in [0.1, 0.15) is 6.92 Å². The molecular formula is C15H14ClN5O2. The van der Waals surface area contributed by atoms with Gasteiger partial charge >= 0.3 is 6.09 Å².